The van der Waals surface area contributed by atoms with Gasteiger partial charge in [-0.25, -0.2) is 9.59 Å². The number of hydrogen-bond acceptors (Lipinski definition) is 4. The summed E-state index contributed by atoms with van der Waals surface area (Å²) in [7, 11) is 0. The Balaban J connectivity index is 1.58. The summed E-state index contributed by atoms with van der Waals surface area (Å²) in [6.07, 6.45) is 0. The van der Waals surface area contributed by atoms with Gasteiger partial charge in [0.05, 0.1) is 17.3 Å². The number of urea groups is 1. The molecule has 7 nitrogen and oxygen atoms in total. The molecule has 154 valence electrons. The van der Waals surface area contributed by atoms with Crippen molar-refractivity contribution < 1.29 is 19.1 Å². The van der Waals surface area contributed by atoms with Crippen LogP contribution in [0.1, 0.15) is 17.2 Å². The van der Waals surface area contributed by atoms with E-state index in [0.29, 0.717) is 27.5 Å². The lowest BCUT2D eigenvalue weighted by molar-refractivity contribution is -0.136. The molecule has 4 rings (SSSR count). The highest BCUT2D eigenvalue weighted by molar-refractivity contribution is 9.10. The summed E-state index contributed by atoms with van der Waals surface area (Å²) < 4.78 is 6.10. The van der Waals surface area contributed by atoms with E-state index < -0.39 is 18.0 Å². The van der Waals surface area contributed by atoms with E-state index in [2.05, 4.69) is 26.6 Å². The number of carbonyl (C=O) groups excluding carboxylic acids is 3. The van der Waals surface area contributed by atoms with E-state index in [1.165, 1.54) is 4.90 Å². The second-order valence-corrected chi connectivity index (χ2v) is 8.26. The molecule has 2 heterocycles. The molecule has 0 spiro atoms. The van der Waals surface area contributed by atoms with E-state index in [1.54, 1.807) is 30.3 Å². The van der Waals surface area contributed by atoms with Crippen LogP contribution in [0.25, 0.3) is 0 Å². The van der Waals surface area contributed by atoms with Crippen LogP contribution >= 0.6 is 27.5 Å². The van der Waals surface area contributed by atoms with Crippen LogP contribution in [0.4, 0.5) is 10.5 Å². The molecule has 0 unspecified atom stereocenters. The third-order valence-corrected chi connectivity index (χ3v) is 6.09. The van der Waals surface area contributed by atoms with Gasteiger partial charge >= 0.3 is 12.0 Å². The van der Waals surface area contributed by atoms with E-state index >= 15 is 0 Å². The zero-order valence-electron chi connectivity index (χ0n) is 15.9. The first-order valence-electron chi connectivity index (χ1n) is 9.13. The van der Waals surface area contributed by atoms with Gasteiger partial charge < -0.3 is 15.4 Å². The van der Waals surface area contributed by atoms with Crippen LogP contribution in [0.5, 0.6) is 0 Å². The summed E-state index contributed by atoms with van der Waals surface area (Å²) in [5, 5.41) is 6.11. The highest BCUT2D eigenvalue weighted by Crippen LogP contribution is 2.35. The fourth-order valence-corrected chi connectivity index (χ4v) is 3.82. The topological polar surface area (TPSA) is 87.7 Å². The second kappa shape index (κ2) is 8.12. The first-order valence-corrected chi connectivity index (χ1v) is 10.3. The average molecular weight is 491 g/mol. The quantitative estimate of drug-likeness (QED) is 0.636. The number of halogens is 2. The summed E-state index contributed by atoms with van der Waals surface area (Å²) >= 11 is 9.35. The van der Waals surface area contributed by atoms with E-state index in [-0.39, 0.29) is 19.1 Å². The van der Waals surface area contributed by atoms with Crippen molar-refractivity contribution in [1.82, 2.24) is 10.2 Å². The zero-order valence-corrected chi connectivity index (χ0v) is 18.2. The lowest BCUT2D eigenvalue weighted by atomic mass is 9.96. The van der Waals surface area contributed by atoms with Gasteiger partial charge in [0, 0.05) is 15.2 Å². The molecule has 9 heteroatoms. The number of anilines is 1. The molecule has 2 aromatic carbocycles. The van der Waals surface area contributed by atoms with Gasteiger partial charge in [-0.2, -0.15) is 0 Å². The van der Waals surface area contributed by atoms with Crippen molar-refractivity contribution in [2.75, 3.05) is 18.5 Å². The summed E-state index contributed by atoms with van der Waals surface area (Å²) in [6.45, 7) is 1.60. The first-order chi connectivity index (χ1) is 14.3. The predicted molar refractivity (Wildman–Crippen MR) is 115 cm³/mol. The molecule has 0 saturated heterocycles. The fourth-order valence-electron chi connectivity index (χ4n) is 3.45. The van der Waals surface area contributed by atoms with E-state index in [1.807, 2.05) is 19.1 Å². The molecular weight excluding hydrogens is 474 g/mol. The molecule has 0 aliphatic carbocycles. The molecule has 3 amide bonds. The van der Waals surface area contributed by atoms with Gasteiger partial charge in [-0.1, -0.05) is 39.7 Å². The molecule has 2 aliphatic heterocycles. The molecule has 30 heavy (non-hydrogen) atoms. The predicted octanol–water partition coefficient (Wildman–Crippen LogP) is 3.93. The lowest BCUT2D eigenvalue weighted by Gasteiger charge is -2.32. The van der Waals surface area contributed by atoms with Gasteiger partial charge in [-0.05, 0) is 48.4 Å². The molecule has 1 atom stereocenters. The molecule has 2 aromatic rings. The fraction of sp³-hybridized carbons (Fsp3) is 0.190. The van der Waals surface area contributed by atoms with Gasteiger partial charge in [-0.15, -0.1) is 0 Å². The zero-order chi connectivity index (χ0) is 21.4. The maximum Gasteiger partial charge on any atom is 0.338 e. The molecular formula is C21H17BrClN3O4. The van der Waals surface area contributed by atoms with Crippen molar-refractivity contribution in [3.05, 3.63) is 74.4 Å². The van der Waals surface area contributed by atoms with Crippen LogP contribution < -0.4 is 10.6 Å². The maximum absolute atomic E-state index is 12.8. The van der Waals surface area contributed by atoms with Crippen molar-refractivity contribution >= 4 is 51.1 Å². The number of cyclic esters (lactones) is 1. The Morgan fingerprint density at radius 2 is 2.00 bits per heavy atom. The number of amides is 3. The number of rotatable bonds is 4. The Hall–Kier alpha value is -2.84. The van der Waals surface area contributed by atoms with Gasteiger partial charge in [0.25, 0.3) is 0 Å². The molecule has 2 aliphatic rings. The minimum absolute atomic E-state index is 0.0592. The van der Waals surface area contributed by atoms with Gasteiger partial charge in [0.2, 0.25) is 5.91 Å². The SMILES string of the molecule is Cc1cc(NC(=O)CN2C(=O)N[C@@H](c3ccc(Cl)cc3)C3=C2COC3=O)ccc1Br. The lowest BCUT2D eigenvalue weighted by Crippen LogP contribution is -2.49. The van der Waals surface area contributed by atoms with Crippen molar-refractivity contribution in [2.24, 2.45) is 0 Å². The summed E-state index contributed by atoms with van der Waals surface area (Å²) in [6, 6.07) is 11.1. The number of ether oxygens (including phenoxy) is 1. The van der Waals surface area contributed by atoms with E-state index in [9.17, 15) is 14.4 Å². The number of carbonyl (C=O) groups is 3. The molecule has 0 bridgehead atoms. The van der Waals surface area contributed by atoms with Crippen molar-refractivity contribution in [3.8, 4) is 0 Å². The highest BCUT2D eigenvalue weighted by Gasteiger charge is 2.42. The Labute approximate surface area is 186 Å². The summed E-state index contributed by atoms with van der Waals surface area (Å²) in [5.41, 5.74) is 3.00. The highest BCUT2D eigenvalue weighted by atomic mass is 79.9. The average Bonchev–Trinajstić information content (AvgIpc) is 3.09. The third-order valence-electron chi connectivity index (χ3n) is 4.95. The molecule has 2 N–H and O–H groups in total. The Morgan fingerprint density at radius 3 is 2.70 bits per heavy atom. The minimum Gasteiger partial charge on any atom is -0.456 e. The van der Waals surface area contributed by atoms with Crippen LogP contribution in [-0.2, 0) is 14.3 Å². The van der Waals surface area contributed by atoms with Crippen molar-refractivity contribution in [1.29, 1.82) is 0 Å². The molecule has 0 saturated carbocycles. The second-order valence-electron chi connectivity index (χ2n) is 6.97. The largest absolute Gasteiger partial charge is 0.456 e. The monoisotopic (exact) mass is 489 g/mol. The number of nitrogens with zero attached hydrogens (tertiary/aromatic N) is 1. The van der Waals surface area contributed by atoms with Crippen LogP contribution in [-0.4, -0.2) is 36.0 Å². The van der Waals surface area contributed by atoms with Gasteiger partial charge in [-0.3, -0.25) is 9.69 Å². The summed E-state index contributed by atoms with van der Waals surface area (Å²) in [4.78, 5) is 39.0. The number of benzene rings is 2. The number of hydrogen-bond donors (Lipinski definition) is 2. The summed E-state index contributed by atoms with van der Waals surface area (Å²) in [5.74, 6) is -0.901. The van der Waals surface area contributed by atoms with E-state index in [4.69, 9.17) is 16.3 Å². The minimum atomic E-state index is -0.659. The maximum atomic E-state index is 12.8. The van der Waals surface area contributed by atoms with Gasteiger partial charge in [0.1, 0.15) is 13.2 Å². The van der Waals surface area contributed by atoms with Crippen LogP contribution in [0, 0.1) is 6.92 Å². The first kappa shape index (κ1) is 20.4. The normalized spacial score (nSPS) is 18.1. The Kier molecular flexibility index (Phi) is 5.53. The molecule has 0 aromatic heterocycles. The van der Waals surface area contributed by atoms with E-state index in [0.717, 1.165) is 10.0 Å². The smallest absolute Gasteiger partial charge is 0.338 e. The molecule has 0 radical (unpaired) electrons. The number of aryl methyl sites for hydroxylation is 1. The standard InChI is InChI=1S/C21H17BrClN3O4/c1-11-8-14(6-7-15(11)22)24-17(27)9-26-16-10-30-20(28)18(16)19(25-21(26)29)12-2-4-13(23)5-3-12/h2-8,19H,9-10H2,1H3,(H,24,27)(H,25,29)/t19-/m0/s1. The Morgan fingerprint density at radius 1 is 1.27 bits per heavy atom. The van der Waals surface area contributed by atoms with Gasteiger partial charge in [0.15, 0.2) is 0 Å². The van der Waals surface area contributed by atoms with Crippen molar-refractivity contribution in [3.63, 3.8) is 0 Å². The molecule has 0 fully saturated rings. The van der Waals surface area contributed by atoms with Crippen LogP contribution in [0.15, 0.2) is 58.2 Å². The third kappa shape index (κ3) is 3.93. The van der Waals surface area contributed by atoms with Crippen LogP contribution in [0.2, 0.25) is 5.02 Å². The number of nitrogens with one attached hydrogen (secondary N) is 2. The van der Waals surface area contributed by atoms with Crippen LogP contribution in [0.3, 0.4) is 0 Å². The van der Waals surface area contributed by atoms with Crippen molar-refractivity contribution in [2.45, 2.75) is 13.0 Å². The number of esters is 1. The Bertz CT molecular complexity index is 1080.